The number of ether oxygens (including phenoxy) is 1. The molecule has 3 aromatic rings. The summed E-state index contributed by atoms with van der Waals surface area (Å²) < 4.78 is 18.4. The van der Waals surface area contributed by atoms with Crippen LogP contribution in [-0.2, 0) is 22.6 Å². The van der Waals surface area contributed by atoms with Gasteiger partial charge in [-0.1, -0.05) is 12.1 Å². The molecule has 0 spiro atoms. The van der Waals surface area contributed by atoms with Crippen molar-refractivity contribution < 1.29 is 18.8 Å². The second-order valence-corrected chi connectivity index (χ2v) is 6.27. The van der Waals surface area contributed by atoms with E-state index in [1.807, 2.05) is 0 Å². The van der Waals surface area contributed by atoms with Crippen molar-refractivity contribution in [2.45, 2.75) is 13.0 Å². The van der Waals surface area contributed by atoms with Crippen LogP contribution in [0.2, 0.25) is 0 Å². The molecule has 0 saturated heterocycles. The van der Waals surface area contributed by atoms with Crippen molar-refractivity contribution in [1.29, 1.82) is 0 Å². The minimum Gasteiger partial charge on any atom is -0.461 e. The quantitative estimate of drug-likeness (QED) is 0.369. The number of nitro benzene ring substituents is 1. The second kappa shape index (κ2) is 7.83. The minimum absolute atomic E-state index is 0.00119. The number of carbonyl (C=O) groups excluding carboxylic acids is 1. The smallest absolute Gasteiger partial charge is 0.312 e. The fourth-order valence-electron chi connectivity index (χ4n) is 2.22. The minimum atomic E-state index is -0.492. The highest BCUT2D eigenvalue weighted by Gasteiger charge is 2.11. The first kappa shape index (κ1) is 17.7. The van der Waals surface area contributed by atoms with E-state index in [0.717, 1.165) is 0 Å². The number of hydrogen-bond donors (Lipinski definition) is 0. The molecule has 8 heteroatoms. The van der Waals surface area contributed by atoms with Crippen molar-refractivity contribution in [3.63, 3.8) is 0 Å². The Morgan fingerprint density at radius 1 is 1.23 bits per heavy atom. The van der Waals surface area contributed by atoms with Crippen LogP contribution in [0.3, 0.4) is 0 Å². The third-order valence-corrected chi connectivity index (χ3v) is 4.44. The first-order valence-electron chi connectivity index (χ1n) is 7.60. The molecule has 0 fully saturated rings. The summed E-state index contributed by atoms with van der Waals surface area (Å²) in [4.78, 5) is 26.4. The van der Waals surface area contributed by atoms with Gasteiger partial charge in [-0.2, -0.15) is 0 Å². The molecule has 0 saturated carbocycles. The Hall–Kier alpha value is -3.13. The van der Waals surface area contributed by atoms with Gasteiger partial charge in [0.2, 0.25) is 0 Å². The molecule has 0 aliphatic heterocycles. The number of halogens is 1. The Morgan fingerprint density at radius 2 is 2.00 bits per heavy atom. The van der Waals surface area contributed by atoms with Crippen LogP contribution in [0.15, 0.2) is 53.9 Å². The van der Waals surface area contributed by atoms with E-state index < -0.39 is 10.9 Å². The predicted molar refractivity (Wildman–Crippen MR) is 94.1 cm³/mol. The van der Waals surface area contributed by atoms with Gasteiger partial charge in [-0.15, -0.1) is 11.3 Å². The number of rotatable bonds is 6. The zero-order valence-corrected chi connectivity index (χ0v) is 14.2. The van der Waals surface area contributed by atoms with Crippen LogP contribution in [0, 0.1) is 15.9 Å². The van der Waals surface area contributed by atoms with Crippen molar-refractivity contribution >= 4 is 23.0 Å². The summed E-state index contributed by atoms with van der Waals surface area (Å²) in [6.07, 6.45) is -0.00119. The molecule has 3 rings (SSSR count). The molecule has 2 aromatic carbocycles. The average Bonchev–Trinajstić information content (AvgIpc) is 3.09. The van der Waals surface area contributed by atoms with E-state index in [1.54, 1.807) is 17.5 Å². The van der Waals surface area contributed by atoms with Gasteiger partial charge in [0.25, 0.3) is 5.69 Å². The van der Waals surface area contributed by atoms with Crippen molar-refractivity contribution in [3.05, 3.63) is 81.1 Å². The van der Waals surface area contributed by atoms with Gasteiger partial charge in [0.15, 0.2) is 0 Å². The summed E-state index contributed by atoms with van der Waals surface area (Å²) in [5, 5.41) is 13.0. The zero-order valence-electron chi connectivity index (χ0n) is 13.4. The maximum atomic E-state index is 13.3. The van der Waals surface area contributed by atoms with E-state index in [-0.39, 0.29) is 24.5 Å². The van der Waals surface area contributed by atoms with E-state index in [0.29, 0.717) is 21.8 Å². The van der Waals surface area contributed by atoms with Gasteiger partial charge in [-0.25, -0.2) is 9.37 Å². The Kier molecular flexibility index (Phi) is 5.33. The van der Waals surface area contributed by atoms with Crippen LogP contribution >= 0.6 is 11.3 Å². The number of nitrogens with zero attached hydrogens (tertiary/aromatic N) is 2. The first-order chi connectivity index (χ1) is 12.5. The van der Waals surface area contributed by atoms with Gasteiger partial charge in [-0.3, -0.25) is 14.9 Å². The highest BCUT2D eigenvalue weighted by molar-refractivity contribution is 7.13. The van der Waals surface area contributed by atoms with E-state index >= 15 is 0 Å². The molecule has 1 heterocycles. The highest BCUT2D eigenvalue weighted by atomic mass is 32.1. The van der Waals surface area contributed by atoms with Gasteiger partial charge in [0.05, 0.1) is 17.0 Å². The summed E-state index contributed by atoms with van der Waals surface area (Å²) in [7, 11) is 0. The average molecular weight is 372 g/mol. The summed E-state index contributed by atoms with van der Waals surface area (Å²) >= 11 is 1.32. The number of aromatic nitrogens is 1. The Labute approximate surface area is 152 Å². The summed E-state index contributed by atoms with van der Waals surface area (Å²) in [6.45, 7) is 0.0255. The number of thiazole rings is 1. The van der Waals surface area contributed by atoms with E-state index in [1.165, 1.54) is 47.7 Å². The summed E-state index contributed by atoms with van der Waals surface area (Å²) in [5.41, 5.74) is 1.83. The SMILES string of the molecule is O=C(Cc1csc(-c2cccc(F)c2)n1)OCc1ccc([N+](=O)[O-])cc1. The van der Waals surface area contributed by atoms with Gasteiger partial charge >= 0.3 is 5.97 Å². The fraction of sp³-hybridized carbons (Fsp3) is 0.111. The predicted octanol–water partition coefficient (Wildman–Crippen LogP) is 4.14. The molecule has 0 unspecified atom stereocenters. The van der Waals surface area contributed by atoms with Crippen LogP contribution in [0.5, 0.6) is 0 Å². The molecular formula is C18H13FN2O4S. The zero-order chi connectivity index (χ0) is 18.5. The van der Waals surface area contributed by atoms with Crippen molar-refractivity contribution in [1.82, 2.24) is 4.98 Å². The van der Waals surface area contributed by atoms with Crippen LogP contribution in [0.25, 0.3) is 10.6 Å². The van der Waals surface area contributed by atoms with Crippen LogP contribution in [0.4, 0.5) is 10.1 Å². The van der Waals surface area contributed by atoms with Crippen molar-refractivity contribution in [2.75, 3.05) is 0 Å². The van der Waals surface area contributed by atoms with Crippen molar-refractivity contribution in [3.8, 4) is 10.6 Å². The largest absolute Gasteiger partial charge is 0.461 e. The van der Waals surface area contributed by atoms with Crippen molar-refractivity contribution in [2.24, 2.45) is 0 Å². The molecule has 0 N–H and O–H groups in total. The lowest BCUT2D eigenvalue weighted by molar-refractivity contribution is -0.384. The first-order valence-corrected chi connectivity index (χ1v) is 8.48. The Bertz CT molecular complexity index is 940. The molecule has 6 nitrogen and oxygen atoms in total. The number of nitro groups is 1. The monoisotopic (exact) mass is 372 g/mol. The van der Waals surface area contributed by atoms with Gasteiger partial charge in [-0.05, 0) is 29.8 Å². The molecule has 0 aliphatic rings. The molecule has 132 valence electrons. The van der Waals surface area contributed by atoms with Crippen LogP contribution < -0.4 is 0 Å². The van der Waals surface area contributed by atoms with Crippen LogP contribution in [-0.4, -0.2) is 15.9 Å². The lowest BCUT2D eigenvalue weighted by atomic mass is 10.2. The normalized spacial score (nSPS) is 10.5. The molecular weight excluding hydrogens is 359 g/mol. The summed E-state index contributed by atoms with van der Waals surface area (Å²) in [5.74, 6) is -0.804. The standard InChI is InChI=1S/C18H13FN2O4S/c19-14-3-1-2-13(8-14)18-20-15(11-26-18)9-17(22)25-10-12-4-6-16(7-5-12)21(23)24/h1-8,11H,9-10H2. The number of non-ortho nitro benzene ring substituents is 1. The number of benzene rings is 2. The maximum Gasteiger partial charge on any atom is 0.312 e. The molecule has 0 atom stereocenters. The van der Waals surface area contributed by atoms with E-state index in [2.05, 4.69) is 4.98 Å². The maximum absolute atomic E-state index is 13.3. The molecule has 0 aliphatic carbocycles. The molecule has 26 heavy (non-hydrogen) atoms. The van der Waals surface area contributed by atoms with Crippen LogP contribution in [0.1, 0.15) is 11.3 Å². The summed E-state index contributed by atoms with van der Waals surface area (Å²) in [6, 6.07) is 11.9. The topological polar surface area (TPSA) is 82.3 Å². The second-order valence-electron chi connectivity index (χ2n) is 5.42. The van der Waals surface area contributed by atoms with E-state index in [4.69, 9.17) is 4.74 Å². The molecule has 0 bridgehead atoms. The Morgan fingerprint density at radius 3 is 2.69 bits per heavy atom. The molecule has 0 radical (unpaired) electrons. The third-order valence-electron chi connectivity index (χ3n) is 3.50. The molecule has 0 amide bonds. The third kappa shape index (κ3) is 4.48. The van der Waals surface area contributed by atoms with Gasteiger partial charge in [0, 0.05) is 23.1 Å². The highest BCUT2D eigenvalue weighted by Crippen LogP contribution is 2.24. The lowest BCUT2D eigenvalue weighted by Crippen LogP contribution is -2.08. The van der Waals surface area contributed by atoms with E-state index in [9.17, 15) is 19.3 Å². The number of esters is 1. The lowest BCUT2D eigenvalue weighted by Gasteiger charge is -2.03. The molecule has 1 aromatic heterocycles. The Balaban J connectivity index is 1.56. The van der Waals surface area contributed by atoms with Gasteiger partial charge in [0.1, 0.15) is 17.4 Å². The number of hydrogen-bond acceptors (Lipinski definition) is 6. The van der Waals surface area contributed by atoms with Gasteiger partial charge < -0.3 is 4.74 Å². The fourth-order valence-corrected chi connectivity index (χ4v) is 3.04. The number of carbonyl (C=O) groups is 1.